The molecule has 3 aromatic carbocycles. The van der Waals surface area contributed by atoms with Gasteiger partial charge in [0.2, 0.25) is 5.75 Å². The van der Waals surface area contributed by atoms with Crippen LogP contribution in [0.1, 0.15) is 28.4 Å². The minimum Gasteiger partial charge on any atom is -0.485 e. The van der Waals surface area contributed by atoms with Gasteiger partial charge in [0.1, 0.15) is 6.61 Å². The molecule has 28 heavy (non-hydrogen) atoms. The summed E-state index contributed by atoms with van der Waals surface area (Å²) >= 11 is 0. The predicted molar refractivity (Wildman–Crippen MR) is 107 cm³/mol. The molecule has 4 nitrogen and oxygen atoms in total. The van der Waals surface area contributed by atoms with E-state index in [0.29, 0.717) is 29.4 Å². The molecule has 140 valence electrons. The van der Waals surface area contributed by atoms with Crippen molar-refractivity contribution in [2.75, 3.05) is 6.61 Å². The molecule has 0 radical (unpaired) electrons. The summed E-state index contributed by atoms with van der Waals surface area (Å²) in [5.41, 5.74) is 2.19. The first kappa shape index (κ1) is 17.9. The molecule has 1 aliphatic heterocycles. The van der Waals surface area contributed by atoms with Crippen molar-refractivity contribution in [2.45, 2.75) is 12.7 Å². The molecule has 0 atom stereocenters. The third-order valence-electron chi connectivity index (χ3n) is 4.59. The van der Waals surface area contributed by atoms with Gasteiger partial charge in [0.25, 0.3) is 0 Å². The summed E-state index contributed by atoms with van der Waals surface area (Å²) in [6.07, 6.45) is 1.64. The normalized spacial score (nSPS) is 13.8. The van der Waals surface area contributed by atoms with Crippen LogP contribution in [0.15, 0.2) is 85.5 Å². The van der Waals surface area contributed by atoms with Gasteiger partial charge in [0, 0.05) is 16.7 Å². The fraction of sp³-hybridized carbons (Fsp3) is 0.125. The highest BCUT2D eigenvalue weighted by atomic mass is 16.7. The van der Waals surface area contributed by atoms with Crippen molar-refractivity contribution >= 4 is 5.78 Å². The van der Waals surface area contributed by atoms with Gasteiger partial charge in [0.15, 0.2) is 17.3 Å². The van der Waals surface area contributed by atoms with Gasteiger partial charge in [-0.05, 0) is 19.1 Å². The number of fused-ring (bicyclic) bond motifs is 1. The summed E-state index contributed by atoms with van der Waals surface area (Å²) in [6.45, 7) is 5.49. The molecule has 0 saturated carbocycles. The second-order valence-electron chi connectivity index (χ2n) is 6.51. The van der Waals surface area contributed by atoms with E-state index in [2.05, 4.69) is 6.58 Å². The molecule has 0 aliphatic carbocycles. The van der Waals surface area contributed by atoms with Crippen LogP contribution in [0.4, 0.5) is 0 Å². The average Bonchev–Trinajstić information content (AvgIpc) is 3.14. The van der Waals surface area contributed by atoms with E-state index in [4.69, 9.17) is 14.2 Å². The maximum absolute atomic E-state index is 12.0. The van der Waals surface area contributed by atoms with Gasteiger partial charge in [-0.15, -0.1) is 0 Å². The lowest BCUT2D eigenvalue weighted by Gasteiger charge is -2.28. The number of hydrogen-bond acceptors (Lipinski definition) is 4. The topological polar surface area (TPSA) is 44.8 Å². The second-order valence-corrected chi connectivity index (χ2v) is 6.51. The van der Waals surface area contributed by atoms with E-state index in [-0.39, 0.29) is 5.78 Å². The standard InChI is InChI=1S/C24H20O4/c1-3-14-26-21-15-18(17(2)25)16-22-23(21)28-24(27-22,19-10-6-4-7-11-19)20-12-8-5-9-13-20/h3-13,15-16H,1,14H2,2H3. The van der Waals surface area contributed by atoms with E-state index in [1.54, 1.807) is 18.2 Å². The first-order valence-electron chi connectivity index (χ1n) is 9.06. The fourth-order valence-corrected chi connectivity index (χ4v) is 3.25. The lowest BCUT2D eigenvalue weighted by molar-refractivity contribution is -0.0468. The molecular formula is C24H20O4. The van der Waals surface area contributed by atoms with Crippen molar-refractivity contribution in [2.24, 2.45) is 0 Å². The quantitative estimate of drug-likeness (QED) is 0.445. The molecule has 4 heteroatoms. The predicted octanol–water partition coefficient (Wildman–Crippen LogP) is 5.13. The van der Waals surface area contributed by atoms with Gasteiger partial charge in [-0.1, -0.05) is 73.3 Å². The van der Waals surface area contributed by atoms with E-state index in [9.17, 15) is 4.79 Å². The van der Waals surface area contributed by atoms with Gasteiger partial charge >= 0.3 is 5.79 Å². The summed E-state index contributed by atoms with van der Waals surface area (Å²) in [5.74, 6) is 0.161. The van der Waals surface area contributed by atoms with Crippen LogP contribution >= 0.6 is 0 Å². The van der Waals surface area contributed by atoms with Crippen LogP contribution in [0, 0.1) is 0 Å². The van der Waals surface area contributed by atoms with Crippen LogP contribution in [0.5, 0.6) is 17.2 Å². The molecule has 0 fully saturated rings. The van der Waals surface area contributed by atoms with Crippen LogP contribution in [0.2, 0.25) is 0 Å². The van der Waals surface area contributed by atoms with Crippen LogP contribution in [-0.2, 0) is 5.79 Å². The maximum Gasteiger partial charge on any atom is 0.305 e. The number of benzene rings is 3. The van der Waals surface area contributed by atoms with E-state index in [0.717, 1.165) is 11.1 Å². The number of hydrogen-bond donors (Lipinski definition) is 0. The third-order valence-corrected chi connectivity index (χ3v) is 4.59. The number of rotatable bonds is 6. The average molecular weight is 372 g/mol. The Labute approximate surface area is 164 Å². The Bertz CT molecular complexity index is 970. The van der Waals surface area contributed by atoms with Crippen LogP contribution in [0.25, 0.3) is 0 Å². The number of ether oxygens (including phenoxy) is 3. The molecular weight excluding hydrogens is 352 g/mol. The van der Waals surface area contributed by atoms with Crippen LogP contribution in [-0.4, -0.2) is 12.4 Å². The highest BCUT2D eigenvalue weighted by Gasteiger charge is 2.47. The fourth-order valence-electron chi connectivity index (χ4n) is 3.25. The monoisotopic (exact) mass is 372 g/mol. The minimum absolute atomic E-state index is 0.0771. The molecule has 0 unspecified atom stereocenters. The Hall–Kier alpha value is -3.53. The first-order chi connectivity index (χ1) is 13.6. The molecule has 1 heterocycles. The summed E-state index contributed by atoms with van der Waals surface area (Å²) in [4.78, 5) is 12.0. The number of carbonyl (C=O) groups excluding carboxylic acids is 1. The Morgan fingerprint density at radius 2 is 1.61 bits per heavy atom. The SMILES string of the molecule is C=CCOc1cc(C(C)=O)cc2c1OC(c1ccccc1)(c1ccccc1)O2. The molecule has 0 aromatic heterocycles. The van der Waals surface area contributed by atoms with E-state index < -0.39 is 5.79 Å². The number of ketones is 1. The van der Waals surface area contributed by atoms with Gasteiger partial charge in [-0.3, -0.25) is 4.79 Å². The largest absolute Gasteiger partial charge is 0.485 e. The second kappa shape index (κ2) is 7.24. The smallest absolute Gasteiger partial charge is 0.305 e. The Balaban J connectivity index is 1.89. The molecule has 0 amide bonds. The van der Waals surface area contributed by atoms with Gasteiger partial charge in [-0.2, -0.15) is 0 Å². The van der Waals surface area contributed by atoms with Crippen molar-refractivity contribution in [3.05, 3.63) is 102 Å². The highest BCUT2D eigenvalue weighted by molar-refractivity contribution is 5.95. The van der Waals surface area contributed by atoms with E-state index in [1.165, 1.54) is 6.92 Å². The summed E-state index contributed by atoms with van der Waals surface area (Å²) in [6, 6.07) is 22.8. The van der Waals surface area contributed by atoms with Crippen LogP contribution in [0.3, 0.4) is 0 Å². The van der Waals surface area contributed by atoms with Gasteiger partial charge < -0.3 is 14.2 Å². The summed E-state index contributed by atoms with van der Waals surface area (Å²) in [5, 5.41) is 0. The summed E-state index contributed by atoms with van der Waals surface area (Å²) < 4.78 is 18.6. The van der Waals surface area contributed by atoms with Crippen molar-refractivity contribution < 1.29 is 19.0 Å². The molecule has 0 spiro atoms. The Morgan fingerprint density at radius 3 is 2.14 bits per heavy atom. The zero-order valence-corrected chi connectivity index (χ0v) is 15.6. The minimum atomic E-state index is -1.16. The number of Topliss-reactive ketones (excluding diaryl/α,β-unsaturated/α-hetero) is 1. The number of carbonyl (C=O) groups is 1. The molecule has 1 aliphatic rings. The van der Waals surface area contributed by atoms with Crippen LogP contribution < -0.4 is 14.2 Å². The van der Waals surface area contributed by atoms with Gasteiger partial charge in [-0.25, -0.2) is 0 Å². The zero-order chi connectivity index (χ0) is 19.6. The maximum atomic E-state index is 12.0. The third kappa shape index (κ3) is 3.03. The van der Waals surface area contributed by atoms with E-state index >= 15 is 0 Å². The molecule has 0 bridgehead atoms. The van der Waals surface area contributed by atoms with Crippen molar-refractivity contribution in [1.29, 1.82) is 0 Å². The molecule has 0 N–H and O–H groups in total. The van der Waals surface area contributed by atoms with Crippen molar-refractivity contribution in [3.8, 4) is 17.2 Å². The molecule has 4 rings (SSSR count). The molecule has 3 aromatic rings. The lowest BCUT2D eigenvalue weighted by Crippen LogP contribution is -2.36. The lowest BCUT2D eigenvalue weighted by atomic mass is 9.97. The first-order valence-corrected chi connectivity index (χ1v) is 9.06. The Morgan fingerprint density at radius 1 is 1.00 bits per heavy atom. The van der Waals surface area contributed by atoms with E-state index in [1.807, 2.05) is 60.7 Å². The summed E-state index contributed by atoms with van der Waals surface area (Å²) in [7, 11) is 0. The zero-order valence-electron chi connectivity index (χ0n) is 15.6. The van der Waals surface area contributed by atoms with Gasteiger partial charge in [0.05, 0.1) is 0 Å². The van der Waals surface area contributed by atoms with Crippen molar-refractivity contribution in [3.63, 3.8) is 0 Å². The van der Waals surface area contributed by atoms with Crippen molar-refractivity contribution in [1.82, 2.24) is 0 Å². The highest BCUT2D eigenvalue weighted by Crippen LogP contribution is 2.52. The Kier molecular flexibility index (Phi) is 4.62. The molecule has 0 saturated heterocycles.